The van der Waals surface area contributed by atoms with Gasteiger partial charge >= 0.3 is 0 Å². The summed E-state index contributed by atoms with van der Waals surface area (Å²) in [7, 11) is 0. The van der Waals surface area contributed by atoms with Gasteiger partial charge in [0.05, 0.1) is 12.0 Å². The van der Waals surface area contributed by atoms with Gasteiger partial charge in [0.25, 0.3) is 0 Å². The predicted molar refractivity (Wildman–Crippen MR) is 67.8 cm³/mol. The lowest BCUT2D eigenvalue weighted by atomic mass is 9.80. The Morgan fingerprint density at radius 1 is 1.39 bits per heavy atom. The largest absolute Gasteiger partial charge is 0.339 e. The van der Waals surface area contributed by atoms with Crippen molar-refractivity contribution in [3.63, 3.8) is 0 Å². The second-order valence-corrected chi connectivity index (χ2v) is 5.41. The molecule has 1 fully saturated rings. The molecule has 0 bridgehead atoms. The fourth-order valence-electron chi connectivity index (χ4n) is 2.65. The second kappa shape index (κ2) is 5.99. The van der Waals surface area contributed by atoms with Gasteiger partial charge in [-0.05, 0) is 38.5 Å². The molecule has 18 heavy (non-hydrogen) atoms. The standard InChI is InChI=1S/C14H21N3O/c1-3-11-4-6-12(7-5-11)14-16-13(18-17-14)8-10(2)9-15/h10-12H,3-8H2,1-2H3. The summed E-state index contributed by atoms with van der Waals surface area (Å²) in [6, 6.07) is 2.19. The van der Waals surface area contributed by atoms with Crippen LogP contribution in [0.5, 0.6) is 0 Å². The average Bonchev–Trinajstić information content (AvgIpc) is 2.87. The number of aromatic nitrogens is 2. The van der Waals surface area contributed by atoms with Gasteiger partial charge in [-0.1, -0.05) is 18.5 Å². The Morgan fingerprint density at radius 3 is 2.72 bits per heavy atom. The number of nitriles is 1. The van der Waals surface area contributed by atoms with E-state index in [1.807, 2.05) is 6.92 Å². The van der Waals surface area contributed by atoms with E-state index in [0.717, 1.165) is 11.7 Å². The van der Waals surface area contributed by atoms with Gasteiger partial charge in [0, 0.05) is 12.3 Å². The predicted octanol–water partition coefficient (Wildman–Crippen LogP) is 3.46. The van der Waals surface area contributed by atoms with Crippen LogP contribution in [0.2, 0.25) is 0 Å². The van der Waals surface area contributed by atoms with Crippen molar-refractivity contribution >= 4 is 0 Å². The molecule has 4 heteroatoms. The third kappa shape index (κ3) is 3.10. The molecule has 1 aromatic heterocycles. The van der Waals surface area contributed by atoms with E-state index in [1.54, 1.807) is 0 Å². The van der Waals surface area contributed by atoms with Crippen molar-refractivity contribution in [3.05, 3.63) is 11.7 Å². The molecule has 1 heterocycles. The summed E-state index contributed by atoms with van der Waals surface area (Å²) in [5.41, 5.74) is 0. The molecule has 0 N–H and O–H groups in total. The van der Waals surface area contributed by atoms with Crippen molar-refractivity contribution in [2.75, 3.05) is 0 Å². The van der Waals surface area contributed by atoms with E-state index in [0.29, 0.717) is 18.2 Å². The zero-order valence-corrected chi connectivity index (χ0v) is 11.2. The van der Waals surface area contributed by atoms with Gasteiger partial charge in [-0.2, -0.15) is 10.2 Å². The molecule has 0 aliphatic heterocycles. The summed E-state index contributed by atoms with van der Waals surface area (Å²) in [4.78, 5) is 4.44. The number of nitrogens with zero attached hydrogens (tertiary/aromatic N) is 3. The van der Waals surface area contributed by atoms with Crippen LogP contribution in [0.1, 0.15) is 63.6 Å². The van der Waals surface area contributed by atoms with Crippen LogP contribution in [0.25, 0.3) is 0 Å². The van der Waals surface area contributed by atoms with Crippen LogP contribution in [-0.2, 0) is 6.42 Å². The van der Waals surface area contributed by atoms with Crippen molar-refractivity contribution in [3.8, 4) is 6.07 Å². The highest BCUT2D eigenvalue weighted by atomic mass is 16.5. The van der Waals surface area contributed by atoms with Crippen LogP contribution >= 0.6 is 0 Å². The van der Waals surface area contributed by atoms with E-state index in [2.05, 4.69) is 23.1 Å². The highest BCUT2D eigenvalue weighted by Gasteiger charge is 2.25. The van der Waals surface area contributed by atoms with Crippen LogP contribution in [0.15, 0.2) is 4.52 Å². The fraction of sp³-hybridized carbons (Fsp3) is 0.786. The Bertz CT molecular complexity index is 413. The maximum absolute atomic E-state index is 8.77. The van der Waals surface area contributed by atoms with Gasteiger partial charge in [-0.3, -0.25) is 0 Å². The molecule has 1 atom stereocenters. The van der Waals surface area contributed by atoms with E-state index in [4.69, 9.17) is 9.78 Å². The average molecular weight is 247 g/mol. The monoisotopic (exact) mass is 247 g/mol. The van der Waals surface area contributed by atoms with Crippen molar-refractivity contribution in [1.82, 2.24) is 10.1 Å². The molecule has 1 aliphatic rings. The Morgan fingerprint density at radius 2 is 2.11 bits per heavy atom. The second-order valence-electron chi connectivity index (χ2n) is 5.41. The first-order valence-electron chi connectivity index (χ1n) is 6.95. The van der Waals surface area contributed by atoms with Gasteiger partial charge in [0.2, 0.25) is 5.89 Å². The Hall–Kier alpha value is -1.37. The fourth-order valence-corrected chi connectivity index (χ4v) is 2.65. The summed E-state index contributed by atoms with van der Waals surface area (Å²) < 4.78 is 5.23. The summed E-state index contributed by atoms with van der Waals surface area (Å²) in [6.45, 7) is 4.14. The molecular weight excluding hydrogens is 226 g/mol. The summed E-state index contributed by atoms with van der Waals surface area (Å²) >= 11 is 0. The molecule has 0 aromatic carbocycles. The lowest BCUT2D eigenvalue weighted by molar-refractivity contribution is 0.302. The van der Waals surface area contributed by atoms with Gasteiger partial charge in [0.1, 0.15) is 0 Å². The molecule has 0 saturated heterocycles. The van der Waals surface area contributed by atoms with Crippen molar-refractivity contribution in [2.45, 2.75) is 58.3 Å². The quantitative estimate of drug-likeness (QED) is 0.817. The van der Waals surface area contributed by atoms with Crippen molar-refractivity contribution in [1.29, 1.82) is 5.26 Å². The molecule has 0 amide bonds. The molecule has 1 aromatic rings. The summed E-state index contributed by atoms with van der Waals surface area (Å²) in [6.07, 6.45) is 6.74. The molecular formula is C14H21N3O. The summed E-state index contributed by atoms with van der Waals surface area (Å²) in [5.74, 6) is 2.74. The number of hydrogen-bond acceptors (Lipinski definition) is 4. The maximum Gasteiger partial charge on any atom is 0.227 e. The van der Waals surface area contributed by atoms with E-state index in [9.17, 15) is 0 Å². The van der Waals surface area contributed by atoms with Gasteiger partial charge in [-0.15, -0.1) is 0 Å². The van der Waals surface area contributed by atoms with E-state index in [-0.39, 0.29) is 5.92 Å². The van der Waals surface area contributed by atoms with Gasteiger partial charge in [0.15, 0.2) is 5.82 Å². The molecule has 98 valence electrons. The Balaban J connectivity index is 1.92. The molecule has 1 saturated carbocycles. The normalized spacial score (nSPS) is 25.6. The maximum atomic E-state index is 8.77. The smallest absolute Gasteiger partial charge is 0.227 e. The SMILES string of the molecule is CCC1CCC(c2noc(CC(C)C#N)n2)CC1. The molecule has 2 rings (SSSR count). The molecule has 1 unspecified atom stereocenters. The minimum atomic E-state index is -0.0610. The summed E-state index contributed by atoms with van der Waals surface area (Å²) in [5, 5.41) is 12.9. The van der Waals surface area contributed by atoms with E-state index >= 15 is 0 Å². The zero-order valence-electron chi connectivity index (χ0n) is 11.2. The van der Waals surface area contributed by atoms with Crippen LogP contribution in [0.3, 0.4) is 0 Å². The topological polar surface area (TPSA) is 62.7 Å². The van der Waals surface area contributed by atoms with Crippen LogP contribution in [-0.4, -0.2) is 10.1 Å². The first-order chi connectivity index (χ1) is 8.72. The minimum Gasteiger partial charge on any atom is -0.339 e. The van der Waals surface area contributed by atoms with Crippen LogP contribution < -0.4 is 0 Å². The Labute approximate surface area is 108 Å². The van der Waals surface area contributed by atoms with E-state index in [1.165, 1.54) is 32.1 Å². The molecule has 0 radical (unpaired) electrons. The first-order valence-corrected chi connectivity index (χ1v) is 6.95. The first kappa shape index (κ1) is 13.1. The third-order valence-electron chi connectivity index (χ3n) is 3.97. The number of rotatable bonds is 4. The van der Waals surface area contributed by atoms with Crippen LogP contribution in [0, 0.1) is 23.2 Å². The van der Waals surface area contributed by atoms with Crippen molar-refractivity contribution < 1.29 is 4.52 Å². The molecule has 4 nitrogen and oxygen atoms in total. The third-order valence-corrected chi connectivity index (χ3v) is 3.97. The minimum absolute atomic E-state index is 0.0610. The molecule has 1 aliphatic carbocycles. The lowest BCUT2D eigenvalue weighted by Crippen LogP contribution is -2.13. The molecule has 0 spiro atoms. The van der Waals surface area contributed by atoms with Gasteiger partial charge in [-0.25, -0.2) is 0 Å². The van der Waals surface area contributed by atoms with Gasteiger partial charge < -0.3 is 4.52 Å². The van der Waals surface area contributed by atoms with Crippen LogP contribution in [0.4, 0.5) is 0 Å². The van der Waals surface area contributed by atoms with E-state index < -0.39 is 0 Å². The zero-order chi connectivity index (χ0) is 13.0. The number of hydrogen-bond donors (Lipinski definition) is 0. The Kier molecular flexibility index (Phi) is 4.35. The lowest BCUT2D eigenvalue weighted by Gasteiger charge is -2.25. The highest BCUT2D eigenvalue weighted by molar-refractivity contribution is 4.99. The highest BCUT2D eigenvalue weighted by Crippen LogP contribution is 2.35. The van der Waals surface area contributed by atoms with Crippen molar-refractivity contribution in [2.24, 2.45) is 11.8 Å².